The van der Waals surface area contributed by atoms with Gasteiger partial charge in [-0.05, 0) is 18.4 Å². The Morgan fingerprint density at radius 2 is 1.67 bits per heavy atom. The van der Waals surface area contributed by atoms with Crippen molar-refractivity contribution in [3.8, 4) is 0 Å². The van der Waals surface area contributed by atoms with Gasteiger partial charge in [0.05, 0.1) is 0 Å². The number of hydrogen-bond acceptors (Lipinski definition) is 3. The Hall–Kier alpha value is -1.84. The molecule has 0 radical (unpaired) electrons. The second kappa shape index (κ2) is 8.28. The standard InChI is InChI=1S/C14H18O4/c15-13(16)9-5-2-6-10-14(17)18-11-12-7-3-1-4-8-12/h1,3-4,7-8H,2,5-6,9-11H2,(H,15,16). The summed E-state index contributed by atoms with van der Waals surface area (Å²) in [6, 6.07) is 9.51. The van der Waals surface area contributed by atoms with E-state index in [1.54, 1.807) is 0 Å². The van der Waals surface area contributed by atoms with Crippen molar-refractivity contribution in [3.63, 3.8) is 0 Å². The van der Waals surface area contributed by atoms with Gasteiger partial charge in [0.25, 0.3) is 0 Å². The second-order valence-electron chi connectivity index (χ2n) is 4.10. The smallest absolute Gasteiger partial charge is 0.306 e. The van der Waals surface area contributed by atoms with Gasteiger partial charge in [-0.1, -0.05) is 36.8 Å². The van der Waals surface area contributed by atoms with Crippen molar-refractivity contribution in [3.05, 3.63) is 35.9 Å². The minimum Gasteiger partial charge on any atom is -0.481 e. The normalized spacial score (nSPS) is 10.0. The van der Waals surface area contributed by atoms with E-state index in [0.717, 1.165) is 12.0 Å². The molecule has 0 unspecified atom stereocenters. The van der Waals surface area contributed by atoms with Gasteiger partial charge in [-0.25, -0.2) is 0 Å². The lowest BCUT2D eigenvalue weighted by Crippen LogP contribution is -2.04. The van der Waals surface area contributed by atoms with Gasteiger partial charge in [0.2, 0.25) is 0 Å². The van der Waals surface area contributed by atoms with Crippen molar-refractivity contribution in [1.29, 1.82) is 0 Å². The number of hydrogen-bond donors (Lipinski definition) is 1. The third-order valence-corrected chi connectivity index (χ3v) is 2.51. The molecule has 98 valence electrons. The lowest BCUT2D eigenvalue weighted by Gasteiger charge is -2.04. The maximum absolute atomic E-state index is 11.4. The first kappa shape index (κ1) is 14.2. The molecule has 0 saturated heterocycles. The average molecular weight is 250 g/mol. The van der Waals surface area contributed by atoms with Gasteiger partial charge in [-0.3, -0.25) is 9.59 Å². The summed E-state index contributed by atoms with van der Waals surface area (Å²) in [4.78, 5) is 21.6. The molecule has 0 bridgehead atoms. The van der Waals surface area contributed by atoms with Crippen molar-refractivity contribution in [2.75, 3.05) is 0 Å². The molecule has 0 aliphatic carbocycles. The number of unbranched alkanes of at least 4 members (excludes halogenated alkanes) is 2. The fourth-order valence-electron chi connectivity index (χ4n) is 1.53. The van der Waals surface area contributed by atoms with Gasteiger partial charge in [-0.2, -0.15) is 0 Å². The molecule has 1 N–H and O–H groups in total. The minimum atomic E-state index is -0.790. The fourth-order valence-corrected chi connectivity index (χ4v) is 1.53. The molecule has 0 amide bonds. The topological polar surface area (TPSA) is 63.6 Å². The van der Waals surface area contributed by atoms with Crippen molar-refractivity contribution in [1.82, 2.24) is 0 Å². The predicted octanol–water partition coefficient (Wildman–Crippen LogP) is 2.76. The number of rotatable bonds is 8. The SMILES string of the molecule is O=C(O)CCCCCC(=O)OCc1ccccc1. The highest BCUT2D eigenvalue weighted by molar-refractivity contribution is 5.69. The quantitative estimate of drug-likeness (QED) is 0.569. The largest absolute Gasteiger partial charge is 0.481 e. The van der Waals surface area contributed by atoms with E-state index in [1.165, 1.54) is 0 Å². The number of carbonyl (C=O) groups is 2. The fraction of sp³-hybridized carbons (Fsp3) is 0.429. The molecular formula is C14H18O4. The van der Waals surface area contributed by atoms with E-state index < -0.39 is 5.97 Å². The van der Waals surface area contributed by atoms with E-state index >= 15 is 0 Å². The van der Waals surface area contributed by atoms with Crippen molar-refractivity contribution in [2.24, 2.45) is 0 Å². The third-order valence-electron chi connectivity index (χ3n) is 2.51. The van der Waals surface area contributed by atoms with Crippen LogP contribution in [-0.4, -0.2) is 17.0 Å². The highest BCUT2D eigenvalue weighted by Gasteiger charge is 2.03. The molecule has 0 heterocycles. The zero-order valence-corrected chi connectivity index (χ0v) is 10.3. The summed E-state index contributed by atoms with van der Waals surface area (Å²) >= 11 is 0. The molecule has 0 atom stereocenters. The number of aliphatic carboxylic acids is 1. The van der Waals surface area contributed by atoms with Crippen LogP contribution in [0.2, 0.25) is 0 Å². The molecule has 0 aliphatic heterocycles. The Morgan fingerprint density at radius 3 is 2.33 bits per heavy atom. The van der Waals surface area contributed by atoms with Crippen LogP contribution in [0.25, 0.3) is 0 Å². The maximum atomic E-state index is 11.4. The summed E-state index contributed by atoms with van der Waals surface area (Å²) < 4.78 is 5.10. The lowest BCUT2D eigenvalue weighted by atomic mass is 10.1. The monoisotopic (exact) mass is 250 g/mol. The Labute approximate surface area is 107 Å². The first-order chi connectivity index (χ1) is 8.68. The van der Waals surface area contributed by atoms with Crippen molar-refractivity contribution < 1.29 is 19.4 Å². The van der Waals surface area contributed by atoms with E-state index in [2.05, 4.69) is 0 Å². The van der Waals surface area contributed by atoms with Gasteiger partial charge < -0.3 is 9.84 Å². The molecule has 0 saturated carbocycles. The van der Waals surface area contributed by atoms with Crippen LogP contribution in [0, 0.1) is 0 Å². The Balaban J connectivity index is 2.06. The van der Waals surface area contributed by atoms with Gasteiger partial charge in [-0.15, -0.1) is 0 Å². The molecule has 4 heteroatoms. The number of benzene rings is 1. The van der Waals surface area contributed by atoms with Crippen LogP contribution >= 0.6 is 0 Å². The van der Waals surface area contributed by atoms with Crippen molar-refractivity contribution >= 4 is 11.9 Å². The molecule has 4 nitrogen and oxygen atoms in total. The van der Waals surface area contributed by atoms with Gasteiger partial charge in [0, 0.05) is 12.8 Å². The summed E-state index contributed by atoms with van der Waals surface area (Å²) in [7, 11) is 0. The van der Waals surface area contributed by atoms with E-state index in [-0.39, 0.29) is 12.4 Å². The van der Waals surface area contributed by atoms with Crippen molar-refractivity contribution in [2.45, 2.75) is 38.7 Å². The Morgan fingerprint density at radius 1 is 1.00 bits per heavy atom. The molecule has 0 fully saturated rings. The van der Waals surface area contributed by atoms with E-state index in [0.29, 0.717) is 25.9 Å². The van der Waals surface area contributed by atoms with Crippen LogP contribution in [0.5, 0.6) is 0 Å². The van der Waals surface area contributed by atoms with E-state index in [4.69, 9.17) is 9.84 Å². The highest BCUT2D eigenvalue weighted by atomic mass is 16.5. The second-order valence-corrected chi connectivity index (χ2v) is 4.10. The number of esters is 1. The predicted molar refractivity (Wildman–Crippen MR) is 67.0 cm³/mol. The summed E-state index contributed by atoms with van der Waals surface area (Å²) in [6.07, 6.45) is 2.56. The molecule has 0 aromatic heterocycles. The molecular weight excluding hydrogens is 232 g/mol. The highest BCUT2D eigenvalue weighted by Crippen LogP contribution is 2.06. The first-order valence-electron chi connectivity index (χ1n) is 6.10. The number of carboxylic acids is 1. The summed E-state index contributed by atoms with van der Waals surface area (Å²) in [5, 5.41) is 8.44. The van der Waals surface area contributed by atoms with Gasteiger partial charge in [0.1, 0.15) is 6.61 Å². The van der Waals surface area contributed by atoms with Crippen LogP contribution < -0.4 is 0 Å². The first-order valence-corrected chi connectivity index (χ1v) is 6.10. The summed E-state index contributed by atoms with van der Waals surface area (Å²) in [5.74, 6) is -1.02. The lowest BCUT2D eigenvalue weighted by molar-refractivity contribution is -0.145. The average Bonchev–Trinajstić information content (AvgIpc) is 2.37. The maximum Gasteiger partial charge on any atom is 0.306 e. The molecule has 0 aliphatic rings. The van der Waals surface area contributed by atoms with E-state index in [1.807, 2.05) is 30.3 Å². The molecule has 0 spiro atoms. The summed E-state index contributed by atoms with van der Waals surface area (Å²) in [5.41, 5.74) is 0.969. The molecule has 1 rings (SSSR count). The molecule has 18 heavy (non-hydrogen) atoms. The number of ether oxygens (including phenoxy) is 1. The van der Waals surface area contributed by atoms with Crippen LogP contribution in [-0.2, 0) is 20.9 Å². The van der Waals surface area contributed by atoms with Crippen LogP contribution in [0.1, 0.15) is 37.7 Å². The van der Waals surface area contributed by atoms with E-state index in [9.17, 15) is 9.59 Å². The molecule has 1 aromatic rings. The third kappa shape index (κ3) is 6.68. The minimum absolute atomic E-state index is 0.166. The van der Waals surface area contributed by atoms with Gasteiger partial charge >= 0.3 is 11.9 Å². The van der Waals surface area contributed by atoms with Gasteiger partial charge in [0.15, 0.2) is 0 Å². The summed E-state index contributed by atoms with van der Waals surface area (Å²) in [6.45, 7) is 0.300. The zero-order valence-electron chi connectivity index (χ0n) is 10.3. The molecule has 1 aromatic carbocycles. The Bertz CT molecular complexity index is 373. The van der Waals surface area contributed by atoms with Crippen LogP contribution in [0.15, 0.2) is 30.3 Å². The number of carbonyl (C=O) groups excluding carboxylic acids is 1. The number of carboxylic acid groups (broad SMARTS) is 1. The van der Waals surface area contributed by atoms with Crippen LogP contribution in [0.4, 0.5) is 0 Å². The Kier molecular flexibility index (Phi) is 6.54. The zero-order chi connectivity index (χ0) is 13.2. The van der Waals surface area contributed by atoms with Crippen LogP contribution in [0.3, 0.4) is 0 Å².